The Morgan fingerprint density at radius 3 is 2.46 bits per heavy atom. The molecule has 0 bridgehead atoms. The van der Waals surface area contributed by atoms with Crippen LogP contribution in [0.3, 0.4) is 0 Å². The Hall–Kier alpha value is -3.88. The second-order valence-electron chi connectivity index (χ2n) is 8.60. The summed E-state index contributed by atoms with van der Waals surface area (Å²) in [5, 5.41) is 5.07. The maximum atomic E-state index is 13.5. The zero-order chi connectivity index (χ0) is 24.8. The first-order chi connectivity index (χ1) is 16.8. The average molecular weight is 481 g/mol. The Kier molecular flexibility index (Phi) is 7.33. The number of carbonyl (C=O) groups is 2. The van der Waals surface area contributed by atoms with Gasteiger partial charge in [0.15, 0.2) is 0 Å². The number of anilines is 2. The quantitative estimate of drug-likeness (QED) is 0.354. The number of alkyl halides is 2. The van der Waals surface area contributed by atoms with E-state index in [4.69, 9.17) is 4.74 Å². The summed E-state index contributed by atoms with van der Waals surface area (Å²) in [5.74, 6) is -1.18. The molecule has 3 aromatic rings. The Morgan fingerprint density at radius 1 is 1.00 bits per heavy atom. The third-order valence-electron chi connectivity index (χ3n) is 5.53. The highest BCUT2D eigenvalue weighted by atomic mass is 19.3. The number of rotatable bonds is 10. The van der Waals surface area contributed by atoms with Crippen LogP contribution in [-0.4, -0.2) is 21.8 Å². The standard InChI is InChI=1S/C26H26F2N4O3/c1-26(27,28)18-11-13-30-24(15-18)32-25(34)31-19-7-9-21(10-8-19)35-22-12-14-29-20(16-22)3-2-4-23(33)17-5-6-17/h7-17H,2-6H2,1H3,(H2,30,31,32,34). The van der Waals surface area contributed by atoms with E-state index in [-0.39, 0.29) is 17.3 Å². The van der Waals surface area contributed by atoms with Crippen molar-refractivity contribution in [1.82, 2.24) is 9.97 Å². The van der Waals surface area contributed by atoms with Crippen LogP contribution in [-0.2, 0) is 17.1 Å². The highest BCUT2D eigenvalue weighted by Crippen LogP contribution is 2.31. The van der Waals surface area contributed by atoms with Gasteiger partial charge in [0.25, 0.3) is 5.92 Å². The first-order valence-corrected chi connectivity index (χ1v) is 11.4. The molecule has 7 nitrogen and oxygen atoms in total. The summed E-state index contributed by atoms with van der Waals surface area (Å²) in [6.07, 6.45) is 7.02. The molecule has 1 fully saturated rings. The largest absolute Gasteiger partial charge is 0.457 e. The van der Waals surface area contributed by atoms with Gasteiger partial charge in [0.1, 0.15) is 23.1 Å². The van der Waals surface area contributed by atoms with Crippen molar-refractivity contribution in [3.63, 3.8) is 0 Å². The van der Waals surface area contributed by atoms with E-state index in [0.29, 0.717) is 35.8 Å². The molecule has 2 N–H and O–H groups in total. The summed E-state index contributed by atoms with van der Waals surface area (Å²) in [4.78, 5) is 32.3. The van der Waals surface area contributed by atoms with Crippen LogP contribution in [0.15, 0.2) is 60.9 Å². The SMILES string of the molecule is CC(F)(F)c1ccnc(NC(=O)Nc2ccc(Oc3ccnc(CCCC(=O)C4CC4)c3)cc2)c1. The summed E-state index contributed by atoms with van der Waals surface area (Å²) < 4.78 is 32.8. The number of ether oxygens (including phenoxy) is 1. The molecule has 2 aromatic heterocycles. The topological polar surface area (TPSA) is 93.2 Å². The molecule has 1 aliphatic carbocycles. The van der Waals surface area contributed by atoms with Crippen molar-refractivity contribution in [3.05, 3.63) is 72.2 Å². The van der Waals surface area contributed by atoms with Gasteiger partial charge in [0.05, 0.1) is 0 Å². The smallest absolute Gasteiger partial charge is 0.324 e. The van der Waals surface area contributed by atoms with Crippen molar-refractivity contribution in [2.24, 2.45) is 5.92 Å². The van der Waals surface area contributed by atoms with Crippen LogP contribution in [0.1, 0.15) is 43.9 Å². The van der Waals surface area contributed by atoms with Gasteiger partial charge in [-0.05, 0) is 68.1 Å². The Bertz CT molecular complexity index is 1190. The van der Waals surface area contributed by atoms with E-state index >= 15 is 0 Å². The lowest BCUT2D eigenvalue weighted by molar-refractivity contribution is -0.120. The van der Waals surface area contributed by atoms with E-state index in [1.807, 2.05) is 6.07 Å². The number of halogens is 2. The third-order valence-corrected chi connectivity index (χ3v) is 5.53. The van der Waals surface area contributed by atoms with E-state index in [1.165, 1.54) is 12.3 Å². The molecule has 0 saturated heterocycles. The summed E-state index contributed by atoms with van der Waals surface area (Å²) in [5.41, 5.74) is 1.11. The number of benzene rings is 1. The van der Waals surface area contributed by atoms with Gasteiger partial charge in [-0.2, -0.15) is 0 Å². The second kappa shape index (κ2) is 10.6. The molecule has 4 rings (SSSR count). The highest BCUT2D eigenvalue weighted by Gasteiger charge is 2.28. The summed E-state index contributed by atoms with van der Waals surface area (Å²) >= 11 is 0. The fourth-order valence-electron chi connectivity index (χ4n) is 3.50. The van der Waals surface area contributed by atoms with Crippen molar-refractivity contribution < 1.29 is 23.1 Å². The molecule has 0 unspecified atom stereocenters. The molecule has 2 amide bonds. The molecule has 0 atom stereocenters. The summed E-state index contributed by atoms with van der Waals surface area (Å²) in [6.45, 7) is 0.779. The predicted molar refractivity (Wildman–Crippen MR) is 128 cm³/mol. The van der Waals surface area contributed by atoms with Gasteiger partial charge >= 0.3 is 6.03 Å². The van der Waals surface area contributed by atoms with Gasteiger partial charge < -0.3 is 10.1 Å². The number of hydrogen-bond acceptors (Lipinski definition) is 5. The first kappa shape index (κ1) is 24.3. The summed E-state index contributed by atoms with van der Waals surface area (Å²) in [6, 6.07) is 12.0. The maximum Gasteiger partial charge on any atom is 0.324 e. The number of urea groups is 1. The van der Waals surface area contributed by atoms with Crippen molar-refractivity contribution in [2.75, 3.05) is 10.6 Å². The zero-order valence-corrected chi connectivity index (χ0v) is 19.3. The van der Waals surface area contributed by atoms with Crippen molar-refractivity contribution in [1.29, 1.82) is 0 Å². The van der Waals surface area contributed by atoms with Crippen LogP contribution in [0, 0.1) is 5.92 Å². The van der Waals surface area contributed by atoms with Gasteiger partial charge in [-0.25, -0.2) is 18.6 Å². The van der Waals surface area contributed by atoms with Gasteiger partial charge in [-0.15, -0.1) is 0 Å². The lowest BCUT2D eigenvalue weighted by Crippen LogP contribution is -2.20. The van der Waals surface area contributed by atoms with Crippen molar-refractivity contribution in [3.8, 4) is 11.5 Å². The van der Waals surface area contributed by atoms with Gasteiger partial charge in [0.2, 0.25) is 0 Å². The van der Waals surface area contributed by atoms with Gasteiger partial charge in [0, 0.05) is 54.7 Å². The van der Waals surface area contributed by atoms with Crippen LogP contribution in [0.5, 0.6) is 11.5 Å². The monoisotopic (exact) mass is 480 g/mol. The number of pyridine rings is 2. The fourth-order valence-corrected chi connectivity index (χ4v) is 3.50. The number of aromatic nitrogens is 2. The summed E-state index contributed by atoms with van der Waals surface area (Å²) in [7, 11) is 0. The molecule has 0 spiro atoms. The maximum absolute atomic E-state index is 13.5. The van der Waals surface area contributed by atoms with Crippen LogP contribution in [0.4, 0.5) is 25.1 Å². The van der Waals surface area contributed by atoms with Gasteiger partial charge in [-0.1, -0.05) is 0 Å². The second-order valence-corrected chi connectivity index (χ2v) is 8.60. The number of ketones is 1. The number of amides is 2. The molecule has 182 valence electrons. The molecule has 0 radical (unpaired) electrons. The number of nitrogens with zero attached hydrogens (tertiary/aromatic N) is 2. The Labute approximate surface area is 201 Å². The minimum absolute atomic E-state index is 0.0203. The number of Topliss-reactive ketones (excluding diaryl/α,β-unsaturated/α-hetero) is 1. The van der Waals surface area contributed by atoms with E-state index in [2.05, 4.69) is 20.6 Å². The number of hydrogen-bond donors (Lipinski definition) is 2. The minimum atomic E-state index is -3.03. The number of nitrogens with one attached hydrogen (secondary N) is 2. The molecule has 9 heteroatoms. The normalized spacial score (nSPS) is 13.2. The van der Waals surface area contributed by atoms with Crippen molar-refractivity contribution >= 4 is 23.3 Å². The van der Waals surface area contributed by atoms with E-state index in [1.54, 1.807) is 36.5 Å². The molecule has 1 aromatic carbocycles. The van der Waals surface area contributed by atoms with E-state index in [9.17, 15) is 18.4 Å². The van der Waals surface area contributed by atoms with Gasteiger partial charge in [-0.3, -0.25) is 15.1 Å². The fraction of sp³-hybridized carbons (Fsp3) is 0.308. The predicted octanol–water partition coefficient (Wildman–Crippen LogP) is 6.33. The molecule has 1 saturated carbocycles. The number of carbonyl (C=O) groups excluding carboxylic acids is 2. The molecular weight excluding hydrogens is 454 g/mol. The Balaban J connectivity index is 1.28. The molecule has 0 aliphatic heterocycles. The molecule has 1 aliphatic rings. The molecule has 2 heterocycles. The zero-order valence-electron chi connectivity index (χ0n) is 19.3. The van der Waals surface area contributed by atoms with Crippen molar-refractivity contribution in [2.45, 2.75) is 45.0 Å². The van der Waals surface area contributed by atoms with Crippen LogP contribution in [0.2, 0.25) is 0 Å². The van der Waals surface area contributed by atoms with Crippen LogP contribution in [0.25, 0.3) is 0 Å². The molecular formula is C26H26F2N4O3. The lowest BCUT2D eigenvalue weighted by atomic mass is 10.1. The minimum Gasteiger partial charge on any atom is -0.457 e. The third kappa shape index (κ3) is 7.30. The van der Waals surface area contributed by atoms with E-state index < -0.39 is 12.0 Å². The molecule has 35 heavy (non-hydrogen) atoms. The van der Waals surface area contributed by atoms with E-state index in [0.717, 1.165) is 37.9 Å². The van der Waals surface area contributed by atoms with Crippen LogP contribution < -0.4 is 15.4 Å². The van der Waals surface area contributed by atoms with Crippen LogP contribution >= 0.6 is 0 Å². The average Bonchev–Trinajstić information content (AvgIpc) is 3.66. The first-order valence-electron chi connectivity index (χ1n) is 11.4. The highest BCUT2D eigenvalue weighted by molar-refractivity contribution is 5.99. The Morgan fingerprint density at radius 2 is 1.74 bits per heavy atom. The lowest BCUT2D eigenvalue weighted by Gasteiger charge is -2.12. The number of aryl methyl sites for hydroxylation is 1.